The van der Waals surface area contributed by atoms with Crippen LogP contribution in [0.1, 0.15) is 26.7 Å². The monoisotopic (exact) mass is 266 g/mol. The molecule has 0 aliphatic rings. The van der Waals surface area contributed by atoms with E-state index < -0.39 is 9.90 Å². The lowest BCUT2D eigenvalue weighted by Crippen LogP contribution is -2.22. The molecule has 0 aliphatic carbocycles. The highest BCUT2D eigenvalue weighted by Crippen LogP contribution is 2.34. The van der Waals surface area contributed by atoms with E-state index in [0.717, 1.165) is 0 Å². The van der Waals surface area contributed by atoms with Crippen molar-refractivity contribution in [2.45, 2.75) is 42.0 Å². The maximum Gasteiger partial charge on any atom is 0.192 e. The van der Waals surface area contributed by atoms with E-state index in [0.29, 0.717) is 6.42 Å². The van der Waals surface area contributed by atoms with Gasteiger partial charge < -0.3 is 5.11 Å². The first-order chi connectivity index (χ1) is 5.72. The van der Waals surface area contributed by atoms with E-state index in [1.807, 2.05) is 13.8 Å². The molecule has 1 nitrogen and oxygen atoms in total. The van der Waals surface area contributed by atoms with E-state index in [2.05, 4.69) is 0 Å². The van der Waals surface area contributed by atoms with Crippen LogP contribution in [-0.2, 0) is 0 Å². The fourth-order valence-electron chi connectivity index (χ4n) is 0.869. The Labute approximate surface area is 99.3 Å². The number of hydrogen-bond donors (Lipinski definition) is 1. The van der Waals surface area contributed by atoms with E-state index in [9.17, 15) is 5.11 Å². The molecular weight excluding hydrogens is 254 g/mol. The highest BCUT2D eigenvalue weighted by molar-refractivity contribution is 6.67. The number of alkyl halides is 4. The Morgan fingerprint density at radius 3 is 2.00 bits per heavy atom. The molecular formula is C8H14Cl4O. The molecule has 2 atom stereocenters. The van der Waals surface area contributed by atoms with Gasteiger partial charge in [-0.2, -0.15) is 0 Å². The van der Waals surface area contributed by atoms with E-state index in [1.165, 1.54) is 0 Å². The molecule has 13 heavy (non-hydrogen) atoms. The predicted molar refractivity (Wildman–Crippen MR) is 60.0 cm³/mol. The van der Waals surface area contributed by atoms with Gasteiger partial charge in [0.25, 0.3) is 0 Å². The Kier molecular flexibility index (Phi) is 6.38. The molecule has 0 aromatic rings. The highest BCUT2D eigenvalue weighted by Gasteiger charge is 2.26. The maximum atomic E-state index is 9.48. The number of aliphatic hydroxyl groups excluding tert-OH is 1. The first-order valence-electron chi connectivity index (χ1n) is 4.11. The average Bonchev–Trinajstić information content (AvgIpc) is 1.81. The molecule has 5 heteroatoms. The lowest BCUT2D eigenvalue weighted by Gasteiger charge is -2.20. The molecule has 0 aromatic heterocycles. The van der Waals surface area contributed by atoms with Crippen LogP contribution < -0.4 is 0 Å². The summed E-state index contributed by atoms with van der Waals surface area (Å²) < 4.78 is -1.33. The van der Waals surface area contributed by atoms with E-state index >= 15 is 0 Å². The molecule has 0 heterocycles. The van der Waals surface area contributed by atoms with Crippen molar-refractivity contribution in [2.75, 3.05) is 0 Å². The topological polar surface area (TPSA) is 20.2 Å². The van der Waals surface area contributed by atoms with Crippen LogP contribution in [0.2, 0.25) is 0 Å². The number of halogens is 4. The van der Waals surface area contributed by atoms with Crippen molar-refractivity contribution in [2.24, 2.45) is 5.92 Å². The van der Waals surface area contributed by atoms with Gasteiger partial charge in [-0.25, -0.2) is 0 Å². The van der Waals surface area contributed by atoms with Gasteiger partial charge in [-0.1, -0.05) is 48.7 Å². The van der Waals surface area contributed by atoms with Crippen LogP contribution in [-0.4, -0.2) is 20.4 Å². The van der Waals surface area contributed by atoms with Gasteiger partial charge in [0.2, 0.25) is 0 Å². The Morgan fingerprint density at radius 1 is 1.23 bits per heavy atom. The number of rotatable bonds is 4. The molecule has 0 fully saturated rings. The van der Waals surface area contributed by atoms with Gasteiger partial charge in [0.1, 0.15) is 0 Å². The van der Waals surface area contributed by atoms with Gasteiger partial charge in [0.05, 0.1) is 6.10 Å². The lowest BCUT2D eigenvalue weighted by molar-refractivity contribution is 0.114. The van der Waals surface area contributed by atoms with Crippen LogP contribution in [0.3, 0.4) is 0 Å². The van der Waals surface area contributed by atoms with Crippen molar-refractivity contribution < 1.29 is 5.11 Å². The molecule has 0 spiro atoms. The first kappa shape index (κ1) is 14.1. The largest absolute Gasteiger partial charge is 0.393 e. The van der Waals surface area contributed by atoms with Gasteiger partial charge in [-0.05, 0) is 12.3 Å². The fourth-order valence-corrected chi connectivity index (χ4v) is 2.08. The SMILES string of the molecule is CC(C)C(O)CC(Cl)CC(Cl)(Cl)Cl. The number of hydrogen-bond acceptors (Lipinski definition) is 1. The van der Waals surface area contributed by atoms with Crippen LogP contribution in [0.5, 0.6) is 0 Å². The molecule has 2 unspecified atom stereocenters. The third-order valence-electron chi connectivity index (χ3n) is 1.72. The third-order valence-corrected chi connectivity index (χ3v) is 2.52. The van der Waals surface area contributed by atoms with Crippen LogP contribution in [0.4, 0.5) is 0 Å². The summed E-state index contributed by atoms with van der Waals surface area (Å²) in [5, 5.41) is 9.18. The summed E-state index contributed by atoms with van der Waals surface area (Å²) in [5.41, 5.74) is 0. The van der Waals surface area contributed by atoms with Crippen molar-refractivity contribution in [1.82, 2.24) is 0 Å². The second-order valence-corrected chi connectivity index (χ2v) is 6.60. The van der Waals surface area contributed by atoms with Crippen molar-refractivity contribution in [3.63, 3.8) is 0 Å². The number of aliphatic hydroxyl groups is 1. The van der Waals surface area contributed by atoms with Gasteiger partial charge in [-0.15, -0.1) is 11.6 Å². The average molecular weight is 268 g/mol. The summed E-state index contributed by atoms with van der Waals surface area (Å²) >= 11 is 22.6. The zero-order valence-corrected chi connectivity index (χ0v) is 10.6. The summed E-state index contributed by atoms with van der Waals surface area (Å²) in [6.07, 6.45) is 0.269. The maximum absolute atomic E-state index is 9.48. The standard InChI is InChI=1S/C8H14Cl4O/c1-5(2)7(13)3-6(9)4-8(10,11)12/h5-7,13H,3-4H2,1-2H3. The minimum atomic E-state index is -1.33. The Bertz CT molecular complexity index is 144. The minimum Gasteiger partial charge on any atom is -0.393 e. The van der Waals surface area contributed by atoms with Crippen LogP contribution in [0.25, 0.3) is 0 Å². The summed E-state index contributed by atoms with van der Waals surface area (Å²) in [6.45, 7) is 3.84. The normalized spacial score (nSPS) is 17.5. The minimum absolute atomic E-state index is 0.177. The van der Waals surface area contributed by atoms with Gasteiger partial charge in [0, 0.05) is 11.8 Å². The van der Waals surface area contributed by atoms with Crippen molar-refractivity contribution in [3.8, 4) is 0 Å². The molecule has 0 bridgehead atoms. The van der Waals surface area contributed by atoms with Crippen LogP contribution in [0.15, 0.2) is 0 Å². The zero-order valence-electron chi connectivity index (χ0n) is 7.61. The molecule has 0 saturated carbocycles. The van der Waals surface area contributed by atoms with E-state index in [-0.39, 0.29) is 17.7 Å². The van der Waals surface area contributed by atoms with Crippen molar-refractivity contribution in [3.05, 3.63) is 0 Å². The Hall–Kier alpha value is 1.12. The summed E-state index contributed by atoms with van der Waals surface area (Å²) in [7, 11) is 0. The van der Waals surface area contributed by atoms with Gasteiger partial charge in [0.15, 0.2) is 3.79 Å². The lowest BCUT2D eigenvalue weighted by atomic mass is 10.0. The van der Waals surface area contributed by atoms with E-state index in [4.69, 9.17) is 46.4 Å². The molecule has 0 radical (unpaired) electrons. The summed E-state index contributed by atoms with van der Waals surface area (Å²) in [6, 6.07) is 0. The molecule has 0 aliphatic heterocycles. The van der Waals surface area contributed by atoms with Crippen molar-refractivity contribution in [1.29, 1.82) is 0 Å². The second-order valence-electron chi connectivity index (χ2n) is 3.46. The predicted octanol–water partition coefficient (Wildman–Crippen LogP) is 3.76. The first-order valence-corrected chi connectivity index (χ1v) is 5.68. The quantitative estimate of drug-likeness (QED) is 0.769. The van der Waals surface area contributed by atoms with Crippen LogP contribution >= 0.6 is 46.4 Å². The van der Waals surface area contributed by atoms with E-state index in [1.54, 1.807) is 0 Å². The summed E-state index contributed by atoms with van der Waals surface area (Å²) in [5.74, 6) is 0.177. The highest BCUT2D eigenvalue weighted by atomic mass is 35.6. The molecule has 0 saturated heterocycles. The van der Waals surface area contributed by atoms with Crippen LogP contribution in [0, 0.1) is 5.92 Å². The van der Waals surface area contributed by atoms with Gasteiger partial charge in [-0.3, -0.25) is 0 Å². The fraction of sp³-hybridized carbons (Fsp3) is 1.00. The molecule has 0 amide bonds. The summed E-state index contributed by atoms with van der Waals surface area (Å²) in [4.78, 5) is 0. The molecule has 80 valence electrons. The zero-order chi connectivity index (χ0) is 10.6. The van der Waals surface area contributed by atoms with Gasteiger partial charge >= 0.3 is 0 Å². The Morgan fingerprint density at radius 2 is 1.69 bits per heavy atom. The smallest absolute Gasteiger partial charge is 0.192 e. The van der Waals surface area contributed by atoms with Crippen molar-refractivity contribution >= 4 is 46.4 Å². The molecule has 0 aromatic carbocycles. The molecule has 0 rings (SSSR count). The molecule has 1 N–H and O–H groups in total. The Balaban J connectivity index is 3.81. The second kappa shape index (κ2) is 5.87. The third kappa shape index (κ3) is 8.14.